The van der Waals surface area contributed by atoms with Gasteiger partial charge in [-0.1, -0.05) is 13.3 Å². The molecule has 0 atom stereocenters. The molecule has 1 saturated carbocycles. The highest BCUT2D eigenvalue weighted by Crippen LogP contribution is 2.45. The molecule has 1 N–H and O–H groups in total. The normalized spacial score (nSPS) is 17.3. The molecule has 4 heteroatoms. The number of aromatic nitrogens is 2. The number of benzene rings is 1. The highest BCUT2D eigenvalue weighted by Gasteiger charge is 2.35. The molecule has 3 rings (SSSR count). The summed E-state index contributed by atoms with van der Waals surface area (Å²) in [6, 6.07) is 5.13. The Labute approximate surface area is 112 Å². The third kappa shape index (κ3) is 2.01. The van der Waals surface area contributed by atoms with E-state index in [9.17, 15) is 4.79 Å². The Morgan fingerprint density at radius 3 is 2.84 bits per heavy atom. The van der Waals surface area contributed by atoms with Crippen molar-refractivity contribution in [2.24, 2.45) is 5.41 Å². The first-order valence-electron chi connectivity index (χ1n) is 6.82. The lowest BCUT2D eigenvalue weighted by Gasteiger charge is -2.41. The number of carbonyl (C=O) groups is 1. The maximum Gasteiger partial charge on any atom is 0.335 e. The zero-order chi connectivity index (χ0) is 13.5. The fourth-order valence-electron chi connectivity index (χ4n) is 2.98. The van der Waals surface area contributed by atoms with Gasteiger partial charge in [0.2, 0.25) is 0 Å². The Bertz CT molecular complexity index is 621. The van der Waals surface area contributed by atoms with Crippen LogP contribution in [0, 0.1) is 5.41 Å². The fraction of sp³-hybridized carbons (Fsp3) is 0.467. The van der Waals surface area contributed by atoms with Gasteiger partial charge in [-0.3, -0.25) is 0 Å². The summed E-state index contributed by atoms with van der Waals surface area (Å²) in [4.78, 5) is 15.4. The van der Waals surface area contributed by atoms with Gasteiger partial charge in [0.1, 0.15) is 0 Å². The monoisotopic (exact) mass is 258 g/mol. The van der Waals surface area contributed by atoms with E-state index >= 15 is 0 Å². The second kappa shape index (κ2) is 4.37. The van der Waals surface area contributed by atoms with E-state index in [1.807, 2.05) is 6.33 Å². The van der Waals surface area contributed by atoms with Gasteiger partial charge in [-0.15, -0.1) is 0 Å². The van der Waals surface area contributed by atoms with Crippen molar-refractivity contribution in [2.75, 3.05) is 0 Å². The van der Waals surface area contributed by atoms with E-state index in [2.05, 4.69) is 16.5 Å². The Morgan fingerprint density at radius 1 is 1.47 bits per heavy atom. The molecular weight excluding hydrogens is 240 g/mol. The van der Waals surface area contributed by atoms with E-state index < -0.39 is 5.97 Å². The zero-order valence-corrected chi connectivity index (χ0v) is 11.1. The summed E-state index contributed by atoms with van der Waals surface area (Å²) in [6.45, 7) is 3.18. The van der Waals surface area contributed by atoms with Crippen molar-refractivity contribution in [3.63, 3.8) is 0 Å². The fourth-order valence-corrected chi connectivity index (χ4v) is 2.98. The van der Waals surface area contributed by atoms with Crippen LogP contribution >= 0.6 is 0 Å². The van der Waals surface area contributed by atoms with Gasteiger partial charge >= 0.3 is 5.97 Å². The maximum absolute atomic E-state index is 11.1. The molecule has 0 aliphatic heterocycles. The minimum atomic E-state index is -0.886. The molecule has 0 radical (unpaired) electrons. The van der Waals surface area contributed by atoms with Gasteiger partial charge in [0.15, 0.2) is 0 Å². The van der Waals surface area contributed by atoms with Crippen LogP contribution in [0.3, 0.4) is 0 Å². The third-order valence-corrected chi connectivity index (χ3v) is 4.54. The largest absolute Gasteiger partial charge is 0.478 e. The average molecular weight is 258 g/mol. The van der Waals surface area contributed by atoms with Crippen molar-refractivity contribution < 1.29 is 9.90 Å². The molecule has 4 nitrogen and oxygen atoms in total. The number of rotatable bonds is 4. The van der Waals surface area contributed by atoms with Crippen molar-refractivity contribution in [2.45, 2.75) is 39.2 Å². The van der Waals surface area contributed by atoms with E-state index in [4.69, 9.17) is 5.11 Å². The summed E-state index contributed by atoms with van der Waals surface area (Å²) in [5.41, 5.74) is 2.52. The molecule has 0 spiro atoms. The summed E-state index contributed by atoms with van der Waals surface area (Å²) in [5.74, 6) is -0.886. The Hall–Kier alpha value is -1.84. The summed E-state index contributed by atoms with van der Waals surface area (Å²) < 4.78 is 2.12. The molecule has 0 saturated heterocycles. The SMILES string of the molecule is CCC1(Cn2cnc3ccc(C(=O)O)cc32)CCC1. The van der Waals surface area contributed by atoms with Gasteiger partial charge in [-0.2, -0.15) is 0 Å². The summed E-state index contributed by atoms with van der Waals surface area (Å²) >= 11 is 0. The standard InChI is InChI=1S/C15H18N2O2/c1-2-15(6-3-7-15)9-17-10-16-12-5-4-11(14(18)19)8-13(12)17/h4-5,8,10H,2-3,6-7,9H2,1H3,(H,18,19). The van der Waals surface area contributed by atoms with Crippen LogP contribution in [0.25, 0.3) is 11.0 Å². The van der Waals surface area contributed by atoms with Crippen molar-refractivity contribution in [1.82, 2.24) is 9.55 Å². The molecule has 19 heavy (non-hydrogen) atoms. The van der Waals surface area contributed by atoms with E-state index in [-0.39, 0.29) is 0 Å². The lowest BCUT2D eigenvalue weighted by Crippen LogP contribution is -2.33. The number of hydrogen-bond acceptors (Lipinski definition) is 2. The summed E-state index contributed by atoms with van der Waals surface area (Å²) in [7, 11) is 0. The van der Waals surface area contributed by atoms with Crippen molar-refractivity contribution in [3.05, 3.63) is 30.1 Å². The predicted molar refractivity (Wildman–Crippen MR) is 73.3 cm³/mol. The maximum atomic E-state index is 11.1. The van der Waals surface area contributed by atoms with Crippen LogP contribution < -0.4 is 0 Å². The van der Waals surface area contributed by atoms with Gasteiger partial charge in [0.25, 0.3) is 0 Å². The highest BCUT2D eigenvalue weighted by atomic mass is 16.4. The van der Waals surface area contributed by atoms with Crippen LogP contribution in [-0.4, -0.2) is 20.6 Å². The van der Waals surface area contributed by atoms with Crippen molar-refractivity contribution >= 4 is 17.0 Å². The lowest BCUT2D eigenvalue weighted by atomic mass is 9.67. The zero-order valence-electron chi connectivity index (χ0n) is 11.1. The molecule has 1 heterocycles. The van der Waals surface area contributed by atoms with Gasteiger partial charge in [-0.25, -0.2) is 9.78 Å². The Morgan fingerprint density at radius 2 is 2.26 bits per heavy atom. The number of carboxylic acids is 1. The molecule has 1 aromatic carbocycles. The van der Waals surface area contributed by atoms with Crippen LogP contribution in [0.5, 0.6) is 0 Å². The molecule has 0 amide bonds. The quantitative estimate of drug-likeness (QED) is 0.915. The second-order valence-corrected chi connectivity index (χ2v) is 5.59. The molecule has 0 bridgehead atoms. The van der Waals surface area contributed by atoms with Gasteiger partial charge in [-0.05, 0) is 42.9 Å². The number of aromatic carboxylic acids is 1. The van der Waals surface area contributed by atoms with E-state index in [1.165, 1.54) is 25.7 Å². The summed E-state index contributed by atoms with van der Waals surface area (Å²) in [5, 5.41) is 9.08. The molecule has 2 aromatic rings. The van der Waals surface area contributed by atoms with Crippen LogP contribution in [0.4, 0.5) is 0 Å². The molecule has 1 aliphatic rings. The van der Waals surface area contributed by atoms with Gasteiger partial charge in [0.05, 0.1) is 22.9 Å². The number of imidazole rings is 1. The first-order valence-corrected chi connectivity index (χ1v) is 6.82. The van der Waals surface area contributed by atoms with Crippen LogP contribution in [-0.2, 0) is 6.54 Å². The molecule has 0 unspecified atom stereocenters. The van der Waals surface area contributed by atoms with Crippen LogP contribution in [0.2, 0.25) is 0 Å². The number of hydrogen-bond donors (Lipinski definition) is 1. The molecular formula is C15H18N2O2. The molecule has 100 valence electrons. The number of fused-ring (bicyclic) bond motifs is 1. The van der Waals surface area contributed by atoms with Gasteiger partial charge in [0, 0.05) is 6.54 Å². The Kier molecular flexibility index (Phi) is 2.81. The lowest BCUT2D eigenvalue weighted by molar-refractivity contribution is 0.0697. The topological polar surface area (TPSA) is 55.1 Å². The number of nitrogens with zero attached hydrogens (tertiary/aromatic N) is 2. The minimum absolute atomic E-state index is 0.327. The first kappa shape index (κ1) is 12.2. The van der Waals surface area contributed by atoms with E-state index in [0.717, 1.165) is 17.6 Å². The minimum Gasteiger partial charge on any atom is -0.478 e. The summed E-state index contributed by atoms with van der Waals surface area (Å²) in [6.07, 6.45) is 6.85. The Balaban J connectivity index is 1.99. The van der Waals surface area contributed by atoms with E-state index in [1.54, 1.807) is 18.2 Å². The van der Waals surface area contributed by atoms with E-state index in [0.29, 0.717) is 11.0 Å². The van der Waals surface area contributed by atoms with Crippen molar-refractivity contribution in [3.8, 4) is 0 Å². The third-order valence-electron chi connectivity index (χ3n) is 4.54. The van der Waals surface area contributed by atoms with Crippen molar-refractivity contribution in [1.29, 1.82) is 0 Å². The van der Waals surface area contributed by atoms with Crippen LogP contribution in [0.1, 0.15) is 43.0 Å². The van der Waals surface area contributed by atoms with Gasteiger partial charge < -0.3 is 9.67 Å². The highest BCUT2D eigenvalue weighted by molar-refractivity contribution is 5.92. The van der Waals surface area contributed by atoms with Crippen LogP contribution in [0.15, 0.2) is 24.5 Å². The smallest absolute Gasteiger partial charge is 0.335 e. The predicted octanol–water partition coefficient (Wildman–Crippen LogP) is 3.31. The average Bonchev–Trinajstić information content (AvgIpc) is 2.76. The molecule has 1 aromatic heterocycles. The number of carboxylic acid groups (broad SMARTS) is 1. The molecule has 1 aliphatic carbocycles. The first-order chi connectivity index (χ1) is 9.13. The second-order valence-electron chi connectivity index (χ2n) is 5.59. The molecule has 1 fully saturated rings.